The molecule has 0 aromatic heterocycles. The second-order valence-electron chi connectivity index (χ2n) is 2.65. The van der Waals surface area contributed by atoms with Gasteiger partial charge in [0.15, 0.2) is 0 Å². The van der Waals surface area contributed by atoms with Crippen molar-refractivity contribution in [2.75, 3.05) is 6.61 Å². The molecule has 1 aliphatic heterocycles. The summed E-state index contributed by atoms with van der Waals surface area (Å²) in [6, 6.07) is 0. The zero-order valence-electron chi connectivity index (χ0n) is 5.10. The first-order valence-electron chi connectivity index (χ1n) is 2.68. The van der Waals surface area contributed by atoms with Crippen molar-refractivity contribution >= 4 is 6.29 Å². The van der Waals surface area contributed by atoms with Gasteiger partial charge in [0.05, 0.1) is 18.1 Å². The maximum atomic E-state index is 10.1. The molecule has 1 rings (SSSR count). The highest BCUT2D eigenvalue weighted by Crippen LogP contribution is 2.29. The number of hydrogen-bond acceptors (Lipinski definition) is 2. The number of hydrogen-bond donors (Lipinski definition) is 0. The summed E-state index contributed by atoms with van der Waals surface area (Å²) in [5, 5.41) is 0. The smallest absolute Gasteiger partial charge is 0.207 e. The Kier molecular flexibility index (Phi) is 1.12. The van der Waals surface area contributed by atoms with Crippen LogP contribution in [0.25, 0.3) is 0 Å². The van der Waals surface area contributed by atoms with Gasteiger partial charge in [-0.15, -0.1) is 0 Å². The minimum atomic E-state index is -0.375. The van der Waals surface area contributed by atoms with Crippen molar-refractivity contribution < 1.29 is 9.53 Å². The molecule has 8 heavy (non-hydrogen) atoms. The van der Waals surface area contributed by atoms with Gasteiger partial charge < -0.3 is 4.74 Å². The maximum Gasteiger partial charge on any atom is 0.207 e. The zero-order valence-corrected chi connectivity index (χ0v) is 5.10. The van der Waals surface area contributed by atoms with Crippen molar-refractivity contribution in [2.45, 2.75) is 20.0 Å². The Hall–Kier alpha value is -0.370. The summed E-state index contributed by atoms with van der Waals surface area (Å²) < 4.78 is 4.90. The van der Waals surface area contributed by atoms with Crippen LogP contribution in [-0.2, 0) is 9.53 Å². The van der Waals surface area contributed by atoms with E-state index in [9.17, 15) is 4.79 Å². The first-order valence-corrected chi connectivity index (χ1v) is 2.68. The third kappa shape index (κ3) is 0.892. The number of ether oxygens (including phenoxy) is 1. The van der Waals surface area contributed by atoms with Gasteiger partial charge in [0.25, 0.3) is 0 Å². The van der Waals surface area contributed by atoms with Crippen LogP contribution in [-0.4, -0.2) is 19.0 Å². The summed E-state index contributed by atoms with van der Waals surface area (Å²) in [5.74, 6) is 0. The molecule has 1 fully saturated rings. The van der Waals surface area contributed by atoms with E-state index in [1.165, 1.54) is 0 Å². The second kappa shape index (κ2) is 1.55. The molecule has 0 amide bonds. The normalized spacial score (nSPS) is 27.5. The SMILES string of the molecule is CC(C)([C]=O)[C@H]1CO1. The minimum absolute atomic E-state index is 0.139. The van der Waals surface area contributed by atoms with Crippen molar-refractivity contribution in [1.29, 1.82) is 0 Å². The van der Waals surface area contributed by atoms with E-state index in [4.69, 9.17) is 4.74 Å². The van der Waals surface area contributed by atoms with Gasteiger partial charge in [-0.1, -0.05) is 0 Å². The fourth-order valence-corrected chi connectivity index (χ4v) is 0.531. The Morgan fingerprint density at radius 3 is 2.38 bits per heavy atom. The molecule has 0 unspecified atom stereocenters. The molecule has 0 aliphatic carbocycles. The van der Waals surface area contributed by atoms with Crippen molar-refractivity contribution in [1.82, 2.24) is 0 Å². The van der Waals surface area contributed by atoms with Crippen LogP contribution in [0, 0.1) is 5.41 Å². The van der Waals surface area contributed by atoms with Crippen molar-refractivity contribution in [3.63, 3.8) is 0 Å². The van der Waals surface area contributed by atoms with Crippen LogP contribution in [0.5, 0.6) is 0 Å². The Morgan fingerprint density at radius 2 is 2.25 bits per heavy atom. The van der Waals surface area contributed by atoms with Gasteiger partial charge in [-0.2, -0.15) is 0 Å². The highest BCUT2D eigenvalue weighted by molar-refractivity contribution is 5.60. The molecule has 2 heteroatoms. The van der Waals surface area contributed by atoms with E-state index >= 15 is 0 Å². The maximum absolute atomic E-state index is 10.1. The number of rotatable bonds is 2. The van der Waals surface area contributed by atoms with E-state index in [0.717, 1.165) is 6.61 Å². The quantitative estimate of drug-likeness (QED) is 0.488. The second-order valence-corrected chi connectivity index (χ2v) is 2.65. The summed E-state index contributed by atoms with van der Waals surface area (Å²) in [6.45, 7) is 4.39. The molecule has 2 nitrogen and oxygen atoms in total. The van der Waals surface area contributed by atoms with Gasteiger partial charge >= 0.3 is 0 Å². The highest BCUT2D eigenvalue weighted by Gasteiger charge is 2.39. The van der Waals surface area contributed by atoms with Crippen LogP contribution in [0.4, 0.5) is 0 Å². The molecule has 0 spiro atoms. The summed E-state index contributed by atoms with van der Waals surface area (Å²) in [5.41, 5.74) is -0.375. The number of epoxide rings is 1. The van der Waals surface area contributed by atoms with Gasteiger partial charge in [0.1, 0.15) is 0 Å². The third-order valence-electron chi connectivity index (χ3n) is 1.40. The van der Waals surface area contributed by atoms with Gasteiger partial charge in [0, 0.05) is 0 Å². The van der Waals surface area contributed by atoms with Crippen LogP contribution in [0.3, 0.4) is 0 Å². The molecule has 0 aromatic rings. The van der Waals surface area contributed by atoms with Gasteiger partial charge in [-0.3, -0.25) is 4.79 Å². The fraction of sp³-hybridized carbons (Fsp3) is 0.833. The molecule has 1 radical (unpaired) electrons. The first kappa shape index (κ1) is 5.76. The average molecular weight is 113 g/mol. The van der Waals surface area contributed by atoms with Crippen LogP contribution in [0.2, 0.25) is 0 Å². The third-order valence-corrected chi connectivity index (χ3v) is 1.40. The van der Waals surface area contributed by atoms with Crippen LogP contribution >= 0.6 is 0 Å². The van der Waals surface area contributed by atoms with Crippen LogP contribution in [0.15, 0.2) is 0 Å². The molecule has 0 bridgehead atoms. The van der Waals surface area contributed by atoms with Crippen LogP contribution < -0.4 is 0 Å². The molecule has 45 valence electrons. The largest absolute Gasteiger partial charge is 0.372 e. The minimum Gasteiger partial charge on any atom is -0.372 e. The van der Waals surface area contributed by atoms with E-state index in [1.807, 2.05) is 20.1 Å². The average Bonchev–Trinajstić information content (AvgIpc) is 2.44. The predicted octanol–water partition coefficient (Wildman–Crippen LogP) is 0.521. The molecule has 0 aromatic carbocycles. The lowest BCUT2D eigenvalue weighted by molar-refractivity contribution is 0.304. The highest BCUT2D eigenvalue weighted by atomic mass is 16.6. The summed E-state index contributed by atoms with van der Waals surface area (Å²) >= 11 is 0. The predicted molar refractivity (Wildman–Crippen MR) is 29.2 cm³/mol. The molecule has 1 aliphatic rings. The molecule has 0 saturated carbocycles. The lowest BCUT2D eigenvalue weighted by Gasteiger charge is -2.09. The monoisotopic (exact) mass is 113 g/mol. The lowest BCUT2D eigenvalue weighted by Crippen LogP contribution is -2.20. The Labute approximate surface area is 48.8 Å². The molecular formula is C6H9O2. The van der Waals surface area contributed by atoms with Crippen molar-refractivity contribution in [3.05, 3.63) is 0 Å². The number of carbonyl (C=O) groups excluding carboxylic acids is 1. The molecular weight excluding hydrogens is 104 g/mol. The Morgan fingerprint density at radius 1 is 1.75 bits per heavy atom. The van der Waals surface area contributed by atoms with Crippen molar-refractivity contribution in [3.8, 4) is 0 Å². The summed E-state index contributed by atoms with van der Waals surface area (Å²) in [4.78, 5) is 10.1. The van der Waals surface area contributed by atoms with E-state index in [-0.39, 0.29) is 11.5 Å². The van der Waals surface area contributed by atoms with E-state index < -0.39 is 0 Å². The van der Waals surface area contributed by atoms with E-state index in [0.29, 0.717) is 0 Å². The zero-order chi connectivity index (χ0) is 6.20. The van der Waals surface area contributed by atoms with E-state index in [2.05, 4.69) is 0 Å². The van der Waals surface area contributed by atoms with Crippen molar-refractivity contribution in [2.24, 2.45) is 5.41 Å². The Bertz CT molecular complexity index is 103. The molecule has 1 heterocycles. The first-order chi connectivity index (χ1) is 3.67. The molecule has 1 atom stereocenters. The van der Waals surface area contributed by atoms with Gasteiger partial charge in [-0.05, 0) is 13.8 Å². The van der Waals surface area contributed by atoms with E-state index in [1.54, 1.807) is 0 Å². The van der Waals surface area contributed by atoms with Crippen LogP contribution in [0.1, 0.15) is 13.8 Å². The summed E-state index contributed by atoms with van der Waals surface area (Å²) in [6.07, 6.45) is 2.07. The molecule has 1 saturated heterocycles. The topological polar surface area (TPSA) is 29.6 Å². The lowest BCUT2D eigenvalue weighted by atomic mass is 9.92. The fourth-order valence-electron chi connectivity index (χ4n) is 0.531. The van der Waals surface area contributed by atoms with Gasteiger partial charge in [-0.25, -0.2) is 0 Å². The molecule has 0 N–H and O–H groups in total. The standard InChI is InChI=1S/C6H9O2/c1-6(2,4-7)5-3-8-5/h5H,3H2,1-2H3/t5-/m1/s1. The summed E-state index contributed by atoms with van der Waals surface area (Å²) in [7, 11) is 0. The Balaban J connectivity index is 2.49. The van der Waals surface area contributed by atoms with Gasteiger partial charge in [0.2, 0.25) is 6.29 Å².